The first-order chi connectivity index (χ1) is 10.1. The number of hydrogen-bond donors (Lipinski definition) is 1. The molecule has 5 heteroatoms. The van der Waals surface area contributed by atoms with Crippen LogP contribution in [-0.4, -0.2) is 49.9 Å². The highest BCUT2D eigenvalue weighted by Crippen LogP contribution is 2.32. The summed E-state index contributed by atoms with van der Waals surface area (Å²) in [5, 5.41) is 9.57. The highest BCUT2D eigenvalue weighted by Gasteiger charge is 2.40. The van der Waals surface area contributed by atoms with Gasteiger partial charge >= 0.3 is 5.97 Å². The minimum Gasteiger partial charge on any atom is -0.497 e. The maximum absolute atomic E-state index is 11.6. The summed E-state index contributed by atoms with van der Waals surface area (Å²) in [7, 11) is 3.60. The molecule has 1 N–H and O–H groups in total. The number of benzene rings is 1. The Balaban J connectivity index is 1.98. The van der Waals surface area contributed by atoms with Crippen LogP contribution in [0.15, 0.2) is 24.3 Å². The lowest BCUT2D eigenvalue weighted by atomic mass is 9.80. The first kappa shape index (κ1) is 15.8. The molecule has 0 spiro atoms. The second-order valence-corrected chi connectivity index (χ2v) is 5.72. The average Bonchev–Trinajstić information content (AvgIpc) is 2.48. The maximum Gasteiger partial charge on any atom is 0.311 e. The van der Waals surface area contributed by atoms with Gasteiger partial charge in [0.15, 0.2) is 0 Å². The lowest BCUT2D eigenvalue weighted by molar-refractivity contribution is -0.156. The standard InChI is InChI=1S/C16H23NO4/c1-17(11-13-3-5-14(20-2)6-4-13)12-16(15(18)19)7-9-21-10-8-16/h3-6H,7-12H2,1-2H3,(H,18,19). The van der Waals surface area contributed by atoms with Gasteiger partial charge in [-0.05, 0) is 37.6 Å². The minimum absolute atomic E-state index is 0.530. The largest absolute Gasteiger partial charge is 0.497 e. The van der Waals surface area contributed by atoms with Crippen LogP contribution in [0.25, 0.3) is 0 Å². The van der Waals surface area contributed by atoms with Crippen molar-refractivity contribution in [2.75, 3.05) is 33.9 Å². The van der Waals surface area contributed by atoms with Gasteiger partial charge in [0.1, 0.15) is 5.75 Å². The first-order valence-electron chi connectivity index (χ1n) is 7.18. The Morgan fingerprint density at radius 2 is 1.95 bits per heavy atom. The van der Waals surface area contributed by atoms with E-state index in [0.717, 1.165) is 17.9 Å². The van der Waals surface area contributed by atoms with E-state index >= 15 is 0 Å². The number of methoxy groups -OCH3 is 1. The van der Waals surface area contributed by atoms with Gasteiger partial charge in [-0.2, -0.15) is 0 Å². The van der Waals surface area contributed by atoms with E-state index in [9.17, 15) is 9.90 Å². The Morgan fingerprint density at radius 1 is 1.33 bits per heavy atom. The SMILES string of the molecule is COc1ccc(CN(C)CC2(C(=O)O)CCOCC2)cc1. The molecule has 0 unspecified atom stereocenters. The zero-order chi connectivity index (χ0) is 15.3. The third-order valence-corrected chi connectivity index (χ3v) is 4.09. The Hall–Kier alpha value is -1.59. The molecular formula is C16H23NO4. The summed E-state index contributed by atoms with van der Waals surface area (Å²) >= 11 is 0. The predicted molar refractivity (Wildman–Crippen MR) is 79.4 cm³/mol. The zero-order valence-electron chi connectivity index (χ0n) is 12.7. The molecule has 1 aliphatic heterocycles. The minimum atomic E-state index is -0.715. The van der Waals surface area contributed by atoms with Crippen molar-refractivity contribution in [2.45, 2.75) is 19.4 Å². The third-order valence-electron chi connectivity index (χ3n) is 4.09. The topological polar surface area (TPSA) is 59.0 Å². The van der Waals surface area contributed by atoms with Crippen molar-refractivity contribution in [3.8, 4) is 5.75 Å². The summed E-state index contributed by atoms with van der Waals surface area (Å²) in [5.41, 5.74) is 0.463. The van der Waals surface area contributed by atoms with Crippen LogP contribution < -0.4 is 4.74 Å². The first-order valence-corrected chi connectivity index (χ1v) is 7.18. The Labute approximate surface area is 125 Å². The molecule has 1 aromatic rings. The summed E-state index contributed by atoms with van der Waals surface area (Å²) in [4.78, 5) is 13.7. The van der Waals surface area contributed by atoms with Crippen molar-refractivity contribution in [2.24, 2.45) is 5.41 Å². The molecular weight excluding hydrogens is 270 g/mol. The molecule has 1 fully saturated rings. The van der Waals surface area contributed by atoms with Crippen LogP contribution in [-0.2, 0) is 16.1 Å². The molecule has 1 saturated heterocycles. The van der Waals surface area contributed by atoms with Gasteiger partial charge in [-0.3, -0.25) is 4.79 Å². The van der Waals surface area contributed by atoms with E-state index in [1.807, 2.05) is 31.3 Å². The van der Waals surface area contributed by atoms with Crippen molar-refractivity contribution in [3.63, 3.8) is 0 Å². The van der Waals surface area contributed by atoms with Crippen LogP contribution in [0.3, 0.4) is 0 Å². The maximum atomic E-state index is 11.6. The van der Waals surface area contributed by atoms with Crippen molar-refractivity contribution in [3.05, 3.63) is 29.8 Å². The number of carboxylic acid groups (broad SMARTS) is 1. The Bertz CT molecular complexity index is 466. The van der Waals surface area contributed by atoms with E-state index < -0.39 is 11.4 Å². The van der Waals surface area contributed by atoms with Crippen molar-refractivity contribution in [1.29, 1.82) is 0 Å². The fourth-order valence-electron chi connectivity index (χ4n) is 2.82. The summed E-state index contributed by atoms with van der Waals surface area (Å²) in [5.74, 6) is 0.111. The number of ether oxygens (including phenoxy) is 2. The van der Waals surface area contributed by atoms with E-state index in [1.54, 1.807) is 7.11 Å². The van der Waals surface area contributed by atoms with E-state index in [1.165, 1.54) is 0 Å². The highest BCUT2D eigenvalue weighted by atomic mass is 16.5. The van der Waals surface area contributed by atoms with Crippen molar-refractivity contribution in [1.82, 2.24) is 4.90 Å². The third kappa shape index (κ3) is 3.95. The van der Waals surface area contributed by atoms with Gasteiger partial charge in [0.05, 0.1) is 12.5 Å². The summed E-state index contributed by atoms with van der Waals surface area (Å²) in [6.45, 7) is 2.32. The van der Waals surface area contributed by atoms with E-state index in [2.05, 4.69) is 4.90 Å². The zero-order valence-corrected chi connectivity index (χ0v) is 12.7. The normalized spacial score (nSPS) is 17.7. The van der Waals surface area contributed by atoms with Crippen LogP contribution in [0.1, 0.15) is 18.4 Å². The monoisotopic (exact) mass is 293 g/mol. The van der Waals surface area contributed by atoms with Gasteiger partial charge in [-0.15, -0.1) is 0 Å². The van der Waals surface area contributed by atoms with Crippen LogP contribution in [0.2, 0.25) is 0 Å². The quantitative estimate of drug-likeness (QED) is 0.869. The molecule has 2 rings (SSSR count). The van der Waals surface area contributed by atoms with E-state index in [-0.39, 0.29) is 0 Å². The molecule has 0 bridgehead atoms. The molecule has 21 heavy (non-hydrogen) atoms. The van der Waals surface area contributed by atoms with Gasteiger partial charge < -0.3 is 19.5 Å². The molecule has 0 atom stereocenters. The van der Waals surface area contributed by atoms with Gasteiger partial charge in [0.25, 0.3) is 0 Å². The Morgan fingerprint density at radius 3 is 2.48 bits per heavy atom. The van der Waals surface area contributed by atoms with Crippen LogP contribution in [0, 0.1) is 5.41 Å². The molecule has 1 aromatic carbocycles. The smallest absolute Gasteiger partial charge is 0.311 e. The lowest BCUT2D eigenvalue weighted by Gasteiger charge is -2.36. The molecule has 1 heterocycles. The number of carbonyl (C=O) groups is 1. The lowest BCUT2D eigenvalue weighted by Crippen LogP contribution is -2.45. The molecule has 5 nitrogen and oxygen atoms in total. The number of carboxylic acids is 1. The van der Waals surface area contributed by atoms with Crippen molar-refractivity contribution < 1.29 is 19.4 Å². The molecule has 0 amide bonds. The van der Waals surface area contributed by atoms with Gasteiger partial charge in [0.2, 0.25) is 0 Å². The fraction of sp³-hybridized carbons (Fsp3) is 0.562. The van der Waals surface area contributed by atoms with Crippen molar-refractivity contribution >= 4 is 5.97 Å². The van der Waals surface area contributed by atoms with E-state index in [4.69, 9.17) is 9.47 Å². The van der Waals surface area contributed by atoms with Crippen LogP contribution >= 0.6 is 0 Å². The average molecular weight is 293 g/mol. The molecule has 0 aromatic heterocycles. The summed E-state index contributed by atoms with van der Waals surface area (Å²) in [6.07, 6.45) is 1.16. The number of aliphatic carboxylic acids is 1. The van der Waals surface area contributed by atoms with Gasteiger partial charge in [-0.25, -0.2) is 0 Å². The second-order valence-electron chi connectivity index (χ2n) is 5.72. The number of rotatable bonds is 6. The summed E-state index contributed by atoms with van der Waals surface area (Å²) in [6, 6.07) is 7.86. The molecule has 1 aliphatic rings. The molecule has 116 valence electrons. The number of nitrogens with zero attached hydrogens (tertiary/aromatic N) is 1. The van der Waals surface area contributed by atoms with Crippen LogP contribution in [0.4, 0.5) is 0 Å². The molecule has 0 saturated carbocycles. The molecule has 0 radical (unpaired) electrons. The number of hydrogen-bond acceptors (Lipinski definition) is 4. The van der Waals surface area contributed by atoms with Gasteiger partial charge in [-0.1, -0.05) is 12.1 Å². The van der Waals surface area contributed by atoms with Gasteiger partial charge in [0, 0.05) is 26.3 Å². The highest BCUT2D eigenvalue weighted by molar-refractivity contribution is 5.75. The second kappa shape index (κ2) is 6.91. The Kier molecular flexibility index (Phi) is 5.20. The fourth-order valence-corrected chi connectivity index (χ4v) is 2.82. The molecule has 0 aliphatic carbocycles. The summed E-state index contributed by atoms with van der Waals surface area (Å²) < 4.78 is 10.4. The van der Waals surface area contributed by atoms with Crippen LogP contribution in [0.5, 0.6) is 5.75 Å². The van der Waals surface area contributed by atoms with E-state index in [0.29, 0.717) is 32.6 Å². The predicted octanol–water partition coefficient (Wildman–Crippen LogP) is 2.01.